The minimum absolute atomic E-state index is 0.0247. The quantitative estimate of drug-likeness (QED) is 0.242. The molecule has 9 atom stereocenters. The van der Waals surface area contributed by atoms with Crippen LogP contribution in [0.5, 0.6) is 0 Å². The van der Waals surface area contributed by atoms with Crippen molar-refractivity contribution in [2.45, 2.75) is 82.6 Å². The van der Waals surface area contributed by atoms with Crippen molar-refractivity contribution >= 4 is 29.4 Å². The topological polar surface area (TPSA) is 188 Å². The van der Waals surface area contributed by atoms with Gasteiger partial charge in [-0.25, -0.2) is 4.79 Å². The number of fused-ring (bicyclic) bond motifs is 5. The molecule has 0 bridgehead atoms. The van der Waals surface area contributed by atoms with Crippen LogP contribution in [0.25, 0.3) is 0 Å². The lowest BCUT2D eigenvalue weighted by molar-refractivity contribution is -0.181. The predicted molar refractivity (Wildman–Crippen MR) is 159 cm³/mol. The molecule has 45 heavy (non-hydrogen) atoms. The first-order valence-electron chi connectivity index (χ1n) is 15.5. The minimum Gasteiger partial charge on any atom is -0.480 e. The number of allylic oxidation sites excluding steroid dienone is 4. The SMILES string of the molecule is C[C@]12C=CC(=O)C=C1CC[C@@H]1[C@H]2[C@@H](O)C[C@@]2(C)[C@H]1CC[C@]2(O)C(=O)COC(=O)CCC(=O)N[C@@H](C(=O)O)[C@@H](O)c1ccccc1. The fourth-order valence-corrected chi connectivity index (χ4v) is 8.71. The van der Waals surface area contributed by atoms with Gasteiger partial charge in [-0.05, 0) is 61.7 Å². The summed E-state index contributed by atoms with van der Waals surface area (Å²) in [5.41, 5.74) is -1.94. The molecule has 1 amide bonds. The van der Waals surface area contributed by atoms with E-state index in [2.05, 4.69) is 5.32 Å². The standard InChI is InChI=1S/C34H41NO10/c1-32-14-12-21(36)16-20(32)8-9-22-23-13-15-34(44,33(23,2)17-24(37)28(22)32)25(38)18-45-27(40)11-10-26(39)35-29(31(42)43)30(41)19-6-4-3-5-7-19/h3-7,12,14,16,22-24,28-30,37,41,44H,8-11,13,15,17-18H2,1-2H3,(H,35,39)(H,42,43)/t22-,23-,24-,28-,29+,30-,32-,33-,34-/m0/s1. The number of amides is 1. The number of carboxylic acid groups (broad SMARTS) is 1. The summed E-state index contributed by atoms with van der Waals surface area (Å²) >= 11 is 0. The van der Waals surface area contributed by atoms with E-state index in [9.17, 15) is 44.4 Å². The lowest BCUT2D eigenvalue weighted by atomic mass is 9.46. The molecule has 11 heteroatoms. The number of ketones is 2. The van der Waals surface area contributed by atoms with Gasteiger partial charge in [0, 0.05) is 23.2 Å². The van der Waals surface area contributed by atoms with E-state index in [0.29, 0.717) is 18.4 Å². The molecular formula is C34H41NO10. The first-order valence-corrected chi connectivity index (χ1v) is 15.5. The molecule has 0 saturated heterocycles. The first kappa shape index (κ1) is 32.7. The molecule has 0 unspecified atom stereocenters. The fraction of sp³-hybridized carbons (Fsp3) is 0.559. The lowest BCUT2D eigenvalue weighted by Gasteiger charge is -2.59. The highest BCUT2D eigenvalue weighted by Gasteiger charge is 2.68. The van der Waals surface area contributed by atoms with Crippen LogP contribution in [0.1, 0.15) is 70.5 Å². The maximum absolute atomic E-state index is 13.5. The van der Waals surface area contributed by atoms with Crippen LogP contribution in [-0.2, 0) is 28.7 Å². The summed E-state index contributed by atoms with van der Waals surface area (Å²) in [5.74, 6) is -4.04. The monoisotopic (exact) mass is 623 g/mol. The second-order valence-corrected chi connectivity index (χ2v) is 13.4. The van der Waals surface area contributed by atoms with E-state index < -0.39 is 77.8 Å². The Morgan fingerprint density at radius 2 is 1.80 bits per heavy atom. The average Bonchev–Trinajstić information content (AvgIpc) is 3.28. The van der Waals surface area contributed by atoms with Crippen molar-refractivity contribution in [1.82, 2.24) is 5.32 Å². The van der Waals surface area contributed by atoms with Gasteiger partial charge in [-0.2, -0.15) is 0 Å². The fourth-order valence-electron chi connectivity index (χ4n) is 8.71. The highest BCUT2D eigenvalue weighted by Crippen LogP contribution is 2.67. The van der Waals surface area contributed by atoms with Crippen LogP contribution in [0.2, 0.25) is 0 Å². The third-order valence-corrected chi connectivity index (χ3v) is 11.1. The van der Waals surface area contributed by atoms with Gasteiger partial charge in [-0.1, -0.05) is 55.8 Å². The van der Waals surface area contributed by atoms with Crippen molar-refractivity contribution < 1.29 is 49.1 Å². The smallest absolute Gasteiger partial charge is 0.329 e. The van der Waals surface area contributed by atoms with E-state index in [1.807, 2.05) is 19.9 Å². The number of carbonyl (C=O) groups excluding carboxylic acids is 4. The van der Waals surface area contributed by atoms with Gasteiger partial charge in [-0.15, -0.1) is 0 Å². The minimum atomic E-state index is -1.82. The third kappa shape index (κ3) is 5.77. The van der Waals surface area contributed by atoms with Crippen molar-refractivity contribution in [3.8, 4) is 0 Å². The van der Waals surface area contributed by atoms with Crippen LogP contribution in [0.3, 0.4) is 0 Å². The van der Waals surface area contributed by atoms with Crippen molar-refractivity contribution in [2.75, 3.05) is 6.61 Å². The summed E-state index contributed by atoms with van der Waals surface area (Å²) in [7, 11) is 0. The molecule has 0 radical (unpaired) electrons. The normalized spacial score (nSPS) is 34.8. The first-order chi connectivity index (χ1) is 21.2. The lowest BCUT2D eigenvalue weighted by Crippen LogP contribution is -2.61. The van der Waals surface area contributed by atoms with Crippen molar-refractivity contribution in [3.05, 3.63) is 59.7 Å². The maximum atomic E-state index is 13.5. The molecule has 1 aromatic rings. The summed E-state index contributed by atoms with van der Waals surface area (Å²) in [6, 6.07) is 6.34. The number of rotatable bonds is 10. The Hall–Kier alpha value is -3.67. The number of hydrogen-bond donors (Lipinski definition) is 5. The van der Waals surface area contributed by atoms with Crippen molar-refractivity contribution in [1.29, 1.82) is 0 Å². The molecule has 5 rings (SSSR count). The average molecular weight is 624 g/mol. The molecule has 1 aromatic carbocycles. The molecule has 0 spiro atoms. The number of aliphatic carboxylic acids is 1. The zero-order valence-electron chi connectivity index (χ0n) is 25.5. The molecule has 3 saturated carbocycles. The Bertz CT molecular complexity index is 1440. The molecule has 0 aliphatic heterocycles. The van der Waals surface area contributed by atoms with E-state index >= 15 is 0 Å². The Kier molecular flexibility index (Phi) is 8.91. The number of carboxylic acids is 1. The Morgan fingerprint density at radius 3 is 2.49 bits per heavy atom. The van der Waals surface area contributed by atoms with Gasteiger partial charge in [0.2, 0.25) is 11.7 Å². The van der Waals surface area contributed by atoms with E-state index in [1.54, 1.807) is 30.4 Å². The van der Waals surface area contributed by atoms with Crippen LogP contribution in [0.4, 0.5) is 0 Å². The number of Topliss-reactive ketones (excluding diaryl/α,β-unsaturated/α-hetero) is 1. The summed E-state index contributed by atoms with van der Waals surface area (Å²) in [5, 5.41) is 45.5. The Morgan fingerprint density at radius 1 is 1.09 bits per heavy atom. The van der Waals surface area contributed by atoms with Crippen LogP contribution >= 0.6 is 0 Å². The third-order valence-electron chi connectivity index (χ3n) is 11.1. The van der Waals surface area contributed by atoms with Crippen molar-refractivity contribution in [3.63, 3.8) is 0 Å². The number of carbonyl (C=O) groups is 5. The van der Waals surface area contributed by atoms with Crippen LogP contribution in [0.15, 0.2) is 54.1 Å². The number of aliphatic hydroxyl groups excluding tert-OH is 2. The number of hydrogen-bond acceptors (Lipinski definition) is 9. The summed E-state index contributed by atoms with van der Waals surface area (Å²) in [6.07, 6.45) is 4.24. The van der Waals surface area contributed by atoms with Crippen LogP contribution in [-0.4, -0.2) is 74.2 Å². The zero-order chi connectivity index (χ0) is 32.7. The van der Waals surface area contributed by atoms with Gasteiger partial charge in [0.05, 0.1) is 12.5 Å². The van der Waals surface area contributed by atoms with Gasteiger partial charge < -0.3 is 30.5 Å². The van der Waals surface area contributed by atoms with E-state index in [4.69, 9.17) is 4.74 Å². The van der Waals surface area contributed by atoms with Gasteiger partial charge in [-0.3, -0.25) is 19.2 Å². The largest absolute Gasteiger partial charge is 0.480 e. The zero-order valence-corrected chi connectivity index (χ0v) is 25.5. The second-order valence-electron chi connectivity index (χ2n) is 13.4. The van der Waals surface area contributed by atoms with Crippen LogP contribution < -0.4 is 5.32 Å². The van der Waals surface area contributed by atoms with Gasteiger partial charge >= 0.3 is 11.9 Å². The van der Waals surface area contributed by atoms with Crippen molar-refractivity contribution in [2.24, 2.45) is 28.6 Å². The van der Waals surface area contributed by atoms with E-state index in [1.165, 1.54) is 12.1 Å². The summed E-state index contributed by atoms with van der Waals surface area (Å²) in [6.45, 7) is 3.16. The van der Waals surface area contributed by atoms with Gasteiger partial charge in [0.25, 0.3) is 0 Å². The van der Waals surface area contributed by atoms with Crippen LogP contribution in [0, 0.1) is 28.6 Å². The van der Waals surface area contributed by atoms with E-state index in [-0.39, 0.29) is 36.4 Å². The summed E-state index contributed by atoms with van der Waals surface area (Å²) in [4.78, 5) is 62.1. The molecule has 3 fully saturated rings. The predicted octanol–water partition coefficient (Wildman–Crippen LogP) is 2.19. The number of ether oxygens (including phenoxy) is 1. The summed E-state index contributed by atoms with van der Waals surface area (Å²) < 4.78 is 5.15. The number of esters is 1. The molecule has 0 aromatic heterocycles. The number of nitrogens with one attached hydrogen (secondary N) is 1. The molecular weight excluding hydrogens is 582 g/mol. The van der Waals surface area contributed by atoms with Gasteiger partial charge in [0.15, 0.2) is 18.4 Å². The van der Waals surface area contributed by atoms with Gasteiger partial charge in [0.1, 0.15) is 11.7 Å². The Labute approximate surface area is 261 Å². The molecule has 0 heterocycles. The molecule has 242 valence electrons. The molecule has 5 N–H and O–H groups in total. The molecule has 11 nitrogen and oxygen atoms in total. The highest BCUT2D eigenvalue weighted by molar-refractivity contribution is 6.01. The number of benzene rings is 1. The Balaban J connectivity index is 1.17. The molecule has 4 aliphatic carbocycles. The second kappa shape index (κ2) is 12.3. The highest BCUT2D eigenvalue weighted by atomic mass is 16.5. The molecule has 4 aliphatic rings. The van der Waals surface area contributed by atoms with E-state index in [0.717, 1.165) is 12.0 Å². The number of aliphatic hydroxyl groups is 3. The maximum Gasteiger partial charge on any atom is 0.329 e.